The molecule has 2 rings (SSSR count). The van der Waals surface area contributed by atoms with Gasteiger partial charge in [0.2, 0.25) is 0 Å². The zero-order valence-electron chi connectivity index (χ0n) is 17.4. The Morgan fingerprint density at radius 2 is 0.714 bits per heavy atom. The Hall–Kier alpha value is -1.64. The molecule has 0 amide bonds. The summed E-state index contributed by atoms with van der Waals surface area (Å²) < 4.78 is 0. The molecule has 0 spiro atoms. The van der Waals surface area contributed by atoms with Crippen LogP contribution in [0, 0.1) is 0 Å². The number of rotatable bonds is 15. The van der Waals surface area contributed by atoms with Crippen LogP contribution in [0.3, 0.4) is 0 Å². The van der Waals surface area contributed by atoms with Gasteiger partial charge in [0, 0.05) is 13.2 Å². The second-order valence-electron chi connectivity index (χ2n) is 7.88. The van der Waals surface area contributed by atoms with E-state index in [9.17, 15) is 0 Å². The van der Waals surface area contributed by atoms with E-state index < -0.39 is 0 Å². The minimum absolute atomic E-state index is 0.318. The van der Waals surface area contributed by atoms with Crippen LogP contribution in [0.4, 0.5) is 0 Å². The van der Waals surface area contributed by atoms with E-state index in [4.69, 9.17) is 10.2 Å². The summed E-state index contributed by atoms with van der Waals surface area (Å²) in [6, 6.07) is 18.0. The van der Waals surface area contributed by atoms with Gasteiger partial charge in [0.15, 0.2) is 0 Å². The normalized spacial score (nSPS) is 11.1. The molecule has 2 aromatic rings. The van der Waals surface area contributed by atoms with E-state index in [2.05, 4.69) is 48.5 Å². The van der Waals surface area contributed by atoms with Crippen molar-refractivity contribution in [1.29, 1.82) is 0 Å². The van der Waals surface area contributed by atoms with Gasteiger partial charge >= 0.3 is 0 Å². The number of unbranched alkanes of at least 4 members (excludes halogenated alkanes) is 8. The Morgan fingerprint density at radius 3 is 1.07 bits per heavy atom. The van der Waals surface area contributed by atoms with Crippen molar-refractivity contribution in [2.24, 2.45) is 0 Å². The Kier molecular flexibility index (Phi) is 11.6. The molecule has 154 valence electrons. The molecule has 0 aliphatic rings. The molecule has 0 radical (unpaired) electrons. The summed E-state index contributed by atoms with van der Waals surface area (Å²) in [7, 11) is 0. The molecular formula is C26H38O2. The Bertz CT molecular complexity index is 616. The highest BCUT2D eigenvalue weighted by Gasteiger charge is 2.00. The topological polar surface area (TPSA) is 40.5 Å². The fraction of sp³-hybridized carbons (Fsp3) is 0.538. The molecule has 2 N–H and O–H groups in total. The van der Waals surface area contributed by atoms with Crippen molar-refractivity contribution in [1.82, 2.24) is 0 Å². The van der Waals surface area contributed by atoms with Gasteiger partial charge < -0.3 is 10.2 Å². The minimum Gasteiger partial charge on any atom is -0.396 e. The van der Waals surface area contributed by atoms with Crippen LogP contribution in [0.2, 0.25) is 0 Å². The fourth-order valence-corrected chi connectivity index (χ4v) is 3.67. The Labute approximate surface area is 171 Å². The lowest BCUT2D eigenvalue weighted by atomic mass is 9.99. The van der Waals surface area contributed by atoms with Crippen LogP contribution in [0.25, 0.3) is 11.1 Å². The number of aryl methyl sites for hydroxylation is 2. The number of hydrogen-bond donors (Lipinski definition) is 2. The average Bonchev–Trinajstić information content (AvgIpc) is 2.74. The van der Waals surface area contributed by atoms with Crippen molar-refractivity contribution in [2.45, 2.75) is 77.0 Å². The lowest BCUT2D eigenvalue weighted by Crippen LogP contribution is -1.89. The molecule has 0 aliphatic carbocycles. The number of aliphatic hydroxyl groups is 2. The fourth-order valence-electron chi connectivity index (χ4n) is 3.67. The number of aliphatic hydroxyl groups excluding tert-OH is 2. The van der Waals surface area contributed by atoms with Gasteiger partial charge in [-0.2, -0.15) is 0 Å². The largest absolute Gasteiger partial charge is 0.396 e. The molecular weight excluding hydrogens is 344 g/mol. The van der Waals surface area contributed by atoms with Crippen molar-refractivity contribution in [3.05, 3.63) is 59.7 Å². The quantitative estimate of drug-likeness (QED) is 0.354. The summed E-state index contributed by atoms with van der Waals surface area (Å²) >= 11 is 0. The van der Waals surface area contributed by atoms with E-state index in [1.807, 2.05) is 0 Å². The second kappa shape index (κ2) is 14.4. The van der Waals surface area contributed by atoms with E-state index in [1.165, 1.54) is 60.8 Å². The predicted molar refractivity (Wildman–Crippen MR) is 120 cm³/mol. The average molecular weight is 383 g/mol. The van der Waals surface area contributed by atoms with Gasteiger partial charge in [-0.25, -0.2) is 0 Å². The maximum atomic E-state index is 8.82. The molecule has 0 saturated heterocycles. The van der Waals surface area contributed by atoms with Crippen LogP contribution in [-0.4, -0.2) is 23.4 Å². The maximum absolute atomic E-state index is 8.82. The van der Waals surface area contributed by atoms with Gasteiger partial charge in [-0.3, -0.25) is 0 Å². The first-order valence-corrected chi connectivity index (χ1v) is 11.2. The second-order valence-corrected chi connectivity index (χ2v) is 7.88. The molecule has 2 aromatic carbocycles. The summed E-state index contributed by atoms with van der Waals surface area (Å²) in [6.45, 7) is 0.652. The molecule has 0 aliphatic heterocycles. The first-order chi connectivity index (χ1) is 13.8. The highest BCUT2D eigenvalue weighted by atomic mass is 16.3. The molecule has 0 aromatic heterocycles. The monoisotopic (exact) mass is 382 g/mol. The van der Waals surface area contributed by atoms with E-state index in [1.54, 1.807) is 0 Å². The summed E-state index contributed by atoms with van der Waals surface area (Å²) in [5.74, 6) is 0. The minimum atomic E-state index is 0.318. The van der Waals surface area contributed by atoms with Crippen molar-refractivity contribution >= 4 is 0 Å². The van der Waals surface area contributed by atoms with Crippen LogP contribution in [0.5, 0.6) is 0 Å². The molecule has 0 unspecified atom stereocenters. The molecule has 2 heteroatoms. The van der Waals surface area contributed by atoms with E-state index in [0.29, 0.717) is 13.2 Å². The third-order valence-corrected chi connectivity index (χ3v) is 5.49. The Balaban J connectivity index is 1.70. The van der Waals surface area contributed by atoms with Gasteiger partial charge in [-0.1, -0.05) is 87.1 Å². The molecule has 0 saturated carbocycles. The van der Waals surface area contributed by atoms with Crippen molar-refractivity contribution in [3.63, 3.8) is 0 Å². The summed E-state index contributed by atoms with van der Waals surface area (Å²) in [5, 5.41) is 17.6. The highest BCUT2D eigenvalue weighted by molar-refractivity contribution is 5.63. The lowest BCUT2D eigenvalue weighted by Gasteiger charge is -2.07. The van der Waals surface area contributed by atoms with Gasteiger partial charge in [0.05, 0.1) is 0 Å². The van der Waals surface area contributed by atoms with Gasteiger partial charge in [0.1, 0.15) is 0 Å². The molecule has 0 heterocycles. The molecule has 2 nitrogen and oxygen atoms in total. The SMILES string of the molecule is OCCCCCCCCc1ccc(-c2ccc(CCCCCCO)cc2)cc1. The summed E-state index contributed by atoms with van der Waals surface area (Å²) in [6.07, 6.45) is 13.9. The van der Waals surface area contributed by atoms with Crippen LogP contribution in [-0.2, 0) is 12.8 Å². The van der Waals surface area contributed by atoms with Crippen molar-refractivity contribution < 1.29 is 10.2 Å². The van der Waals surface area contributed by atoms with Crippen LogP contribution in [0.1, 0.15) is 75.3 Å². The smallest absolute Gasteiger partial charge is 0.0431 e. The maximum Gasteiger partial charge on any atom is 0.0431 e. The van der Waals surface area contributed by atoms with E-state index in [0.717, 1.165) is 38.5 Å². The van der Waals surface area contributed by atoms with E-state index >= 15 is 0 Å². The first-order valence-electron chi connectivity index (χ1n) is 11.2. The van der Waals surface area contributed by atoms with Crippen LogP contribution < -0.4 is 0 Å². The van der Waals surface area contributed by atoms with Crippen molar-refractivity contribution in [3.8, 4) is 11.1 Å². The van der Waals surface area contributed by atoms with Gasteiger partial charge in [0.25, 0.3) is 0 Å². The predicted octanol–water partition coefficient (Wildman–Crippen LogP) is 6.32. The standard InChI is InChI=1S/C26H38O2/c27-21-9-5-2-1-3-7-11-23-13-17-25(18-14-23)26-19-15-24(16-20-26)12-8-4-6-10-22-28/h13-20,27-28H,1-12,21-22H2. The Morgan fingerprint density at radius 1 is 0.393 bits per heavy atom. The van der Waals surface area contributed by atoms with E-state index in [-0.39, 0.29) is 0 Å². The first kappa shape index (κ1) is 22.6. The molecule has 0 atom stereocenters. The zero-order valence-corrected chi connectivity index (χ0v) is 17.4. The lowest BCUT2D eigenvalue weighted by molar-refractivity contribution is 0.282. The van der Waals surface area contributed by atoms with Gasteiger partial charge in [-0.05, 0) is 60.8 Å². The van der Waals surface area contributed by atoms with Crippen LogP contribution in [0.15, 0.2) is 48.5 Å². The zero-order chi connectivity index (χ0) is 19.9. The number of benzene rings is 2. The molecule has 0 fully saturated rings. The van der Waals surface area contributed by atoms with Crippen LogP contribution >= 0.6 is 0 Å². The third-order valence-electron chi connectivity index (χ3n) is 5.49. The van der Waals surface area contributed by atoms with Gasteiger partial charge in [-0.15, -0.1) is 0 Å². The molecule has 0 bridgehead atoms. The summed E-state index contributed by atoms with van der Waals surface area (Å²) in [5.41, 5.74) is 5.42. The molecule has 28 heavy (non-hydrogen) atoms. The number of hydrogen-bond acceptors (Lipinski definition) is 2. The highest BCUT2D eigenvalue weighted by Crippen LogP contribution is 2.22. The summed E-state index contributed by atoms with van der Waals surface area (Å²) in [4.78, 5) is 0. The third kappa shape index (κ3) is 9.03. The van der Waals surface area contributed by atoms with Crippen molar-refractivity contribution in [2.75, 3.05) is 13.2 Å².